The van der Waals surface area contributed by atoms with E-state index in [4.69, 9.17) is 4.74 Å². The van der Waals surface area contributed by atoms with Crippen molar-refractivity contribution < 1.29 is 9.53 Å². The van der Waals surface area contributed by atoms with Gasteiger partial charge in [-0.1, -0.05) is 41.5 Å². The molecule has 0 saturated heterocycles. The van der Waals surface area contributed by atoms with Crippen LogP contribution in [0.4, 0.5) is 0 Å². The highest BCUT2D eigenvalue weighted by atomic mass is 16.5. The van der Waals surface area contributed by atoms with Gasteiger partial charge >= 0.3 is 5.97 Å². The highest BCUT2D eigenvalue weighted by molar-refractivity contribution is 5.85. The monoisotopic (exact) mass is 280 g/mol. The minimum atomic E-state index is -0.106. The molecule has 1 atom stereocenters. The van der Waals surface area contributed by atoms with Gasteiger partial charge in [0.25, 0.3) is 0 Å². The van der Waals surface area contributed by atoms with E-state index >= 15 is 0 Å². The van der Waals surface area contributed by atoms with Gasteiger partial charge in [-0.05, 0) is 56.0 Å². The van der Waals surface area contributed by atoms with Crippen molar-refractivity contribution in [3.63, 3.8) is 0 Å². The van der Waals surface area contributed by atoms with Crippen LogP contribution in [0.25, 0.3) is 10.8 Å². The van der Waals surface area contributed by atoms with Crippen molar-refractivity contribution in [2.75, 3.05) is 0 Å². The molecule has 2 aromatic carbocycles. The molecule has 0 heterocycles. The molecule has 108 valence electrons. The Balaban J connectivity index is 1.75. The highest BCUT2D eigenvalue weighted by Gasteiger charge is 2.22. The van der Waals surface area contributed by atoms with Crippen molar-refractivity contribution in [3.8, 4) is 5.75 Å². The molecule has 0 saturated carbocycles. The smallest absolute Gasteiger partial charge is 0.314 e. The number of allylic oxidation sites excluding steroid dienone is 2. The molecule has 0 N–H and O–H groups in total. The average molecular weight is 280 g/mol. The molecule has 21 heavy (non-hydrogen) atoms. The molecule has 0 aromatic heterocycles. The molecule has 2 aromatic rings. The minimum absolute atomic E-state index is 0.00224. The number of fused-ring (bicyclic) bond motifs is 1. The van der Waals surface area contributed by atoms with Crippen LogP contribution in [0, 0.1) is 12.8 Å². The normalized spacial score (nSPS) is 18.4. The molecule has 1 aliphatic carbocycles. The van der Waals surface area contributed by atoms with Gasteiger partial charge in [-0.3, -0.25) is 4.79 Å². The van der Waals surface area contributed by atoms with E-state index in [9.17, 15) is 4.79 Å². The summed E-state index contributed by atoms with van der Waals surface area (Å²) >= 11 is 0. The summed E-state index contributed by atoms with van der Waals surface area (Å²) in [6, 6.07) is 12.1. The number of hydrogen-bond donors (Lipinski definition) is 0. The summed E-state index contributed by atoms with van der Waals surface area (Å²) in [5, 5.41) is 2.27. The summed E-state index contributed by atoms with van der Waals surface area (Å²) in [7, 11) is 0. The molecule has 2 nitrogen and oxygen atoms in total. The van der Waals surface area contributed by atoms with Gasteiger partial charge in [0, 0.05) is 0 Å². The van der Waals surface area contributed by atoms with E-state index < -0.39 is 0 Å². The summed E-state index contributed by atoms with van der Waals surface area (Å²) in [5.41, 5.74) is 2.61. The first kappa shape index (κ1) is 13.9. The molecule has 1 aliphatic rings. The van der Waals surface area contributed by atoms with Crippen LogP contribution in [0.5, 0.6) is 5.75 Å². The van der Waals surface area contributed by atoms with Crippen LogP contribution >= 0.6 is 0 Å². The number of esters is 1. The zero-order valence-electron chi connectivity index (χ0n) is 12.6. The average Bonchev–Trinajstić information content (AvgIpc) is 2.48. The van der Waals surface area contributed by atoms with E-state index in [2.05, 4.69) is 38.1 Å². The standard InChI is InChI=1S/C19H20O2/c1-13-3-6-15(7-4-13)19(20)21-18-10-9-16-11-14(2)5-8-17(16)12-18/h3,5,8-12,15H,4,6-7H2,1-2H3. The van der Waals surface area contributed by atoms with Crippen LogP contribution in [0.1, 0.15) is 31.7 Å². The fraction of sp³-hybridized carbons (Fsp3) is 0.316. The summed E-state index contributed by atoms with van der Waals surface area (Å²) < 4.78 is 5.56. The molecule has 0 bridgehead atoms. The molecular weight excluding hydrogens is 260 g/mol. The Labute approximate surface area is 125 Å². The number of rotatable bonds is 2. The van der Waals surface area contributed by atoms with Crippen LogP contribution in [-0.4, -0.2) is 5.97 Å². The summed E-state index contributed by atoms with van der Waals surface area (Å²) in [5.74, 6) is 0.537. The van der Waals surface area contributed by atoms with Crippen LogP contribution < -0.4 is 4.74 Å². The summed E-state index contributed by atoms with van der Waals surface area (Å²) in [6.07, 6.45) is 4.85. The van der Waals surface area contributed by atoms with E-state index in [1.807, 2.05) is 18.2 Å². The zero-order chi connectivity index (χ0) is 14.8. The van der Waals surface area contributed by atoms with E-state index in [1.54, 1.807) is 0 Å². The van der Waals surface area contributed by atoms with Gasteiger partial charge < -0.3 is 4.74 Å². The van der Waals surface area contributed by atoms with Gasteiger partial charge in [0.1, 0.15) is 5.75 Å². The van der Waals surface area contributed by atoms with E-state index in [-0.39, 0.29) is 11.9 Å². The van der Waals surface area contributed by atoms with Crippen molar-refractivity contribution in [1.82, 2.24) is 0 Å². The first-order valence-corrected chi connectivity index (χ1v) is 7.49. The lowest BCUT2D eigenvalue weighted by atomic mass is 9.90. The molecule has 0 spiro atoms. The lowest BCUT2D eigenvalue weighted by molar-refractivity contribution is -0.139. The second-order valence-corrected chi connectivity index (χ2v) is 5.96. The van der Waals surface area contributed by atoms with Crippen molar-refractivity contribution in [1.29, 1.82) is 0 Å². The van der Waals surface area contributed by atoms with Gasteiger partial charge in [-0.15, -0.1) is 0 Å². The molecule has 0 aliphatic heterocycles. The molecular formula is C19H20O2. The van der Waals surface area contributed by atoms with Crippen molar-refractivity contribution in [2.24, 2.45) is 5.92 Å². The predicted octanol–water partition coefficient (Wildman–Crippen LogP) is 4.80. The Morgan fingerprint density at radius 1 is 1.10 bits per heavy atom. The van der Waals surface area contributed by atoms with Crippen LogP contribution in [0.2, 0.25) is 0 Å². The fourth-order valence-corrected chi connectivity index (χ4v) is 2.79. The topological polar surface area (TPSA) is 26.3 Å². The van der Waals surface area contributed by atoms with Crippen LogP contribution in [-0.2, 0) is 4.79 Å². The zero-order valence-corrected chi connectivity index (χ0v) is 12.6. The largest absolute Gasteiger partial charge is 0.426 e. The highest BCUT2D eigenvalue weighted by Crippen LogP contribution is 2.27. The number of benzene rings is 2. The third-order valence-electron chi connectivity index (χ3n) is 4.16. The molecule has 2 heteroatoms. The Bertz CT molecular complexity index is 713. The van der Waals surface area contributed by atoms with Gasteiger partial charge in [0.05, 0.1) is 5.92 Å². The number of aryl methyl sites for hydroxylation is 1. The second kappa shape index (κ2) is 5.72. The number of carbonyl (C=O) groups excluding carboxylic acids is 1. The number of carbonyl (C=O) groups is 1. The number of ether oxygens (including phenoxy) is 1. The minimum Gasteiger partial charge on any atom is -0.426 e. The predicted molar refractivity (Wildman–Crippen MR) is 85.4 cm³/mol. The van der Waals surface area contributed by atoms with E-state index in [0.29, 0.717) is 5.75 Å². The van der Waals surface area contributed by atoms with Crippen molar-refractivity contribution >= 4 is 16.7 Å². The summed E-state index contributed by atoms with van der Waals surface area (Å²) in [6.45, 7) is 4.19. The third-order valence-corrected chi connectivity index (χ3v) is 4.16. The van der Waals surface area contributed by atoms with Gasteiger partial charge in [-0.25, -0.2) is 0 Å². The number of hydrogen-bond acceptors (Lipinski definition) is 2. The Morgan fingerprint density at radius 3 is 2.62 bits per heavy atom. The first-order chi connectivity index (χ1) is 10.1. The van der Waals surface area contributed by atoms with Crippen molar-refractivity contribution in [3.05, 3.63) is 53.6 Å². The van der Waals surface area contributed by atoms with Gasteiger partial charge in [0.2, 0.25) is 0 Å². The van der Waals surface area contributed by atoms with Gasteiger partial charge in [-0.2, -0.15) is 0 Å². The molecule has 1 unspecified atom stereocenters. The summed E-state index contributed by atoms with van der Waals surface area (Å²) in [4.78, 5) is 12.2. The second-order valence-electron chi connectivity index (χ2n) is 5.96. The molecule has 0 fully saturated rings. The van der Waals surface area contributed by atoms with Crippen LogP contribution in [0.15, 0.2) is 48.0 Å². The maximum absolute atomic E-state index is 12.2. The van der Waals surface area contributed by atoms with E-state index in [1.165, 1.54) is 16.5 Å². The Hall–Kier alpha value is -2.09. The lowest BCUT2D eigenvalue weighted by Crippen LogP contribution is -2.22. The first-order valence-electron chi connectivity index (χ1n) is 7.49. The fourth-order valence-electron chi connectivity index (χ4n) is 2.79. The Kier molecular flexibility index (Phi) is 3.78. The van der Waals surface area contributed by atoms with E-state index in [0.717, 1.165) is 24.6 Å². The lowest BCUT2D eigenvalue weighted by Gasteiger charge is -2.18. The van der Waals surface area contributed by atoms with Crippen LogP contribution in [0.3, 0.4) is 0 Å². The third kappa shape index (κ3) is 3.15. The molecule has 0 amide bonds. The maximum atomic E-state index is 12.2. The van der Waals surface area contributed by atoms with Gasteiger partial charge in [0.15, 0.2) is 0 Å². The van der Waals surface area contributed by atoms with Crippen molar-refractivity contribution in [2.45, 2.75) is 33.1 Å². The SMILES string of the molecule is CC1=CCC(C(=O)Oc2ccc3cc(C)ccc3c2)CC1. The Morgan fingerprint density at radius 2 is 1.86 bits per heavy atom. The molecule has 0 radical (unpaired) electrons. The molecule has 3 rings (SSSR count). The maximum Gasteiger partial charge on any atom is 0.314 e. The quantitative estimate of drug-likeness (QED) is 0.448.